The molecule has 2 aromatic rings. The van der Waals surface area contributed by atoms with Gasteiger partial charge in [-0.3, -0.25) is 9.59 Å². The zero-order chi connectivity index (χ0) is 18.9. The third kappa shape index (κ3) is 5.78. The third-order valence-corrected chi connectivity index (χ3v) is 3.45. The van der Waals surface area contributed by atoms with Crippen molar-refractivity contribution in [3.8, 4) is 11.5 Å². The molecule has 138 valence electrons. The summed E-state index contributed by atoms with van der Waals surface area (Å²) in [6.07, 6.45) is 0. The van der Waals surface area contributed by atoms with E-state index in [2.05, 4.69) is 10.6 Å². The standard InChI is InChI=1S/C19H22N2O5/c1-13-5-4-6-14(9-13)20-18(22)11-26-12-19(23)21-16-8-7-15(24-2)10-17(16)25-3/h4-10H,11-12H2,1-3H3,(H,20,22)(H,21,23). The van der Waals surface area contributed by atoms with Gasteiger partial charge in [0.25, 0.3) is 0 Å². The number of carbonyl (C=O) groups excluding carboxylic acids is 2. The van der Waals surface area contributed by atoms with E-state index in [4.69, 9.17) is 14.2 Å². The van der Waals surface area contributed by atoms with Crippen LogP contribution >= 0.6 is 0 Å². The highest BCUT2D eigenvalue weighted by molar-refractivity contribution is 5.94. The summed E-state index contributed by atoms with van der Waals surface area (Å²) in [5, 5.41) is 5.38. The van der Waals surface area contributed by atoms with Crippen molar-refractivity contribution in [2.45, 2.75) is 6.92 Å². The molecule has 0 fully saturated rings. The zero-order valence-corrected chi connectivity index (χ0v) is 15.0. The molecule has 7 heteroatoms. The van der Waals surface area contributed by atoms with Gasteiger partial charge in [-0.25, -0.2) is 0 Å². The lowest BCUT2D eigenvalue weighted by molar-refractivity contribution is -0.125. The van der Waals surface area contributed by atoms with Crippen LogP contribution in [0.4, 0.5) is 11.4 Å². The van der Waals surface area contributed by atoms with E-state index in [1.54, 1.807) is 31.4 Å². The van der Waals surface area contributed by atoms with Gasteiger partial charge < -0.3 is 24.8 Å². The van der Waals surface area contributed by atoms with Gasteiger partial charge in [-0.15, -0.1) is 0 Å². The van der Waals surface area contributed by atoms with Crippen LogP contribution in [-0.2, 0) is 14.3 Å². The Morgan fingerprint density at radius 1 is 0.923 bits per heavy atom. The van der Waals surface area contributed by atoms with Crippen molar-refractivity contribution in [1.29, 1.82) is 0 Å². The second-order valence-corrected chi connectivity index (χ2v) is 5.52. The number of carbonyl (C=O) groups is 2. The minimum Gasteiger partial charge on any atom is -0.497 e. The lowest BCUT2D eigenvalue weighted by Gasteiger charge is -2.12. The van der Waals surface area contributed by atoms with Crippen LogP contribution in [0.15, 0.2) is 42.5 Å². The minimum absolute atomic E-state index is 0.221. The number of nitrogens with one attached hydrogen (secondary N) is 2. The van der Waals surface area contributed by atoms with Gasteiger partial charge in [0.15, 0.2) is 0 Å². The van der Waals surface area contributed by atoms with Gasteiger partial charge in [-0.1, -0.05) is 12.1 Å². The normalized spacial score (nSPS) is 10.1. The van der Waals surface area contributed by atoms with Crippen LogP contribution in [0.3, 0.4) is 0 Å². The topological polar surface area (TPSA) is 85.9 Å². The number of hydrogen-bond donors (Lipinski definition) is 2. The van der Waals surface area contributed by atoms with Gasteiger partial charge in [-0.2, -0.15) is 0 Å². The third-order valence-electron chi connectivity index (χ3n) is 3.45. The predicted molar refractivity (Wildman–Crippen MR) is 98.8 cm³/mol. The van der Waals surface area contributed by atoms with E-state index in [0.717, 1.165) is 5.56 Å². The fourth-order valence-corrected chi connectivity index (χ4v) is 2.24. The second-order valence-electron chi connectivity index (χ2n) is 5.52. The number of amides is 2. The molecular weight excluding hydrogens is 336 g/mol. The predicted octanol–water partition coefficient (Wildman–Crippen LogP) is 2.61. The minimum atomic E-state index is -0.392. The summed E-state index contributed by atoms with van der Waals surface area (Å²) in [5.74, 6) is 0.362. The highest BCUT2D eigenvalue weighted by atomic mass is 16.5. The van der Waals surface area contributed by atoms with Crippen molar-refractivity contribution < 1.29 is 23.8 Å². The van der Waals surface area contributed by atoms with Crippen molar-refractivity contribution in [3.05, 3.63) is 48.0 Å². The highest BCUT2D eigenvalue weighted by Gasteiger charge is 2.10. The first-order chi connectivity index (χ1) is 12.5. The SMILES string of the molecule is COc1ccc(NC(=O)COCC(=O)Nc2cccc(C)c2)c(OC)c1. The smallest absolute Gasteiger partial charge is 0.250 e. The molecule has 0 aliphatic heterocycles. The van der Waals surface area contributed by atoms with Crippen molar-refractivity contribution >= 4 is 23.2 Å². The summed E-state index contributed by atoms with van der Waals surface area (Å²) in [7, 11) is 3.04. The molecule has 0 aliphatic carbocycles. The number of anilines is 2. The number of rotatable bonds is 8. The maximum atomic E-state index is 12.0. The van der Waals surface area contributed by atoms with Gasteiger partial charge >= 0.3 is 0 Å². The van der Waals surface area contributed by atoms with Gasteiger partial charge in [0.1, 0.15) is 24.7 Å². The first-order valence-electron chi connectivity index (χ1n) is 7.98. The molecule has 0 unspecified atom stereocenters. The average molecular weight is 358 g/mol. The molecule has 0 atom stereocenters. The van der Waals surface area contributed by atoms with Gasteiger partial charge in [-0.05, 0) is 36.8 Å². The quantitative estimate of drug-likeness (QED) is 0.758. The van der Waals surface area contributed by atoms with Gasteiger partial charge in [0.05, 0.1) is 19.9 Å². The van der Waals surface area contributed by atoms with Crippen LogP contribution in [0, 0.1) is 6.92 Å². The van der Waals surface area contributed by atoms with E-state index < -0.39 is 5.91 Å². The second kappa shape index (κ2) is 9.43. The molecule has 2 aromatic carbocycles. The molecule has 0 bridgehead atoms. The molecule has 0 spiro atoms. The Labute approximate surface area is 152 Å². The first kappa shape index (κ1) is 19.3. The van der Waals surface area contributed by atoms with Crippen molar-refractivity contribution in [3.63, 3.8) is 0 Å². The van der Waals surface area contributed by atoms with E-state index >= 15 is 0 Å². The van der Waals surface area contributed by atoms with E-state index in [1.165, 1.54) is 7.11 Å². The molecule has 2 rings (SSSR count). The maximum absolute atomic E-state index is 12.0. The Balaban J connectivity index is 1.79. The lowest BCUT2D eigenvalue weighted by atomic mass is 10.2. The molecule has 2 N–H and O–H groups in total. The van der Waals surface area contributed by atoms with Crippen LogP contribution in [0.1, 0.15) is 5.56 Å². The zero-order valence-electron chi connectivity index (χ0n) is 15.0. The number of aryl methyl sites for hydroxylation is 1. The van der Waals surface area contributed by atoms with Crippen LogP contribution in [0.2, 0.25) is 0 Å². The number of hydrogen-bond acceptors (Lipinski definition) is 5. The van der Waals surface area contributed by atoms with Crippen LogP contribution in [0.25, 0.3) is 0 Å². The molecule has 7 nitrogen and oxygen atoms in total. The van der Waals surface area contributed by atoms with Crippen LogP contribution in [0.5, 0.6) is 11.5 Å². The van der Waals surface area contributed by atoms with Crippen LogP contribution < -0.4 is 20.1 Å². The molecule has 0 saturated carbocycles. The lowest BCUT2D eigenvalue weighted by Crippen LogP contribution is -2.24. The summed E-state index contributed by atoms with van der Waals surface area (Å²) in [6, 6.07) is 12.4. The molecule has 2 amide bonds. The van der Waals surface area contributed by atoms with Gasteiger partial charge in [0.2, 0.25) is 11.8 Å². The number of methoxy groups -OCH3 is 2. The molecular formula is C19H22N2O5. The summed E-state index contributed by atoms with van der Waals surface area (Å²) >= 11 is 0. The Hall–Kier alpha value is -3.06. The largest absolute Gasteiger partial charge is 0.497 e. The molecule has 0 radical (unpaired) electrons. The Kier molecular flexibility index (Phi) is 6.99. The van der Waals surface area contributed by atoms with Gasteiger partial charge in [0, 0.05) is 11.8 Å². The van der Waals surface area contributed by atoms with Crippen molar-refractivity contribution in [2.24, 2.45) is 0 Å². The monoisotopic (exact) mass is 358 g/mol. The van der Waals surface area contributed by atoms with Crippen molar-refractivity contribution in [2.75, 3.05) is 38.1 Å². The van der Waals surface area contributed by atoms with E-state index in [1.807, 2.05) is 25.1 Å². The molecule has 0 aliphatic rings. The Morgan fingerprint density at radius 2 is 1.65 bits per heavy atom. The van der Waals surface area contributed by atoms with E-state index in [-0.39, 0.29) is 19.1 Å². The number of ether oxygens (including phenoxy) is 3. The fraction of sp³-hybridized carbons (Fsp3) is 0.263. The summed E-state index contributed by atoms with van der Waals surface area (Å²) in [4.78, 5) is 23.8. The van der Waals surface area contributed by atoms with Crippen LogP contribution in [-0.4, -0.2) is 39.2 Å². The molecule has 0 aromatic heterocycles. The average Bonchev–Trinajstić information content (AvgIpc) is 2.62. The highest BCUT2D eigenvalue weighted by Crippen LogP contribution is 2.28. The summed E-state index contributed by atoms with van der Waals surface area (Å²) in [5.41, 5.74) is 2.22. The molecule has 0 saturated heterocycles. The maximum Gasteiger partial charge on any atom is 0.250 e. The Morgan fingerprint density at radius 3 is 2.31 bits per heavy atom. The first-order valence-corrected chi connectivity index (χ1v) is 7.98. The summed E-state index contributed by atoms with van der Waals surface area (Å²) < 4.78 is 15.5. The molecule has 26 heavy (non-hydrogen) atoms. The summed E-state index contributed by atoms with van der Waals surface area (Å²) in [6.45, 7) is 1.46. The Bertz CT molecular complexity index is 776. The molecule has 0 heterocycles. The number of benzene rings is 2. The fourth-order valence-electron chi connectivity index (χ4n) is 2.24. The van der Waals surface area contributed by atoms with E-state index in [9.17, 15) is 9.59 Å². The van der Waals surface area contributed by atoms with Crippen molar-refractivity contribution in [1.82, 2.24) is 0 Å². The van der Waals surface area contributed by atoms with E-state index in [0.29, 0.717) is 22.9 Å².